The topological polar surface area (TPSA) is 47.8 Å². The van der Waals surface area contributed by atoms with Crippen molar-refractivity contribution in [1.29, 1.82) is 0 Å². The third-order valence-electron chi connectivity index (χ3n) is 2.64. The van der Waals surface area contributed by atoms with Gasteiger partial charge in [-0.15, -0.1) is 16.9 Å². The zero-order chi connectivity index (χ0) is 13.0. The van der Waals surface area contributed by atoms with Gasteiger partial charge in [0.15, 0.2) is 0 Å². The molecule has 0 spiro atoms. The van der Waals surface area contributed by atoms with Gasteiger partial charge < -0.3 is 0 Å². The second kappa shape index (κ2) is 5.82. The van der Waals surface area contributed by atoms with E-state index in [1.54, 1.807) is 16.4 Å². The van der Waals surface area contributed by atoms with Crippen molar-refractivity contribution in [3.8, 4) is 0 Å². The van der Waals surface area contributed by atoms with Gasteiger partial charge in [0.05, 0.1) is 6.20 Å². The Labute approximate surface area is 110 Å². The monoisotopic (exact) mass is 261 g/mol. The van der Waals surface area contributed by atoms with E-state index in [0.717, 1.165) is 11.3 Å². The lowest BCUT2D eigenvalue weighted by Crippen LogP contribution is -2.12. The summed E-state index contributed by atoms with van der Waals surface area (Å²) >= 11 is 1.57. The smallest absolute Gasteiger partial charge is 0.213 e. The summed E-state index contributed by atoms with van der Waals surface area (Å²) in [4.78, 5) is 13.4. The molecular formula is C13H15N3OS. The number of aromatic nitrogens is 3. The van der Waals surface area contributed by atoms with Crippen molar-refractivity contribution in [3.05, 3.63) is 41.7 Å². The summed E-state index contributed by atoms with van der Waals surface area (Å²) in [5, 5.41) is 7.78. The molecule has 0 aliphatic heterocycles. The van der Waals surface area contributed by atoms with Gasteiger partial charge in [-0.1, -0.05) is 24.3 Å². The minimum atomic E-state index is -0.0154. The number of carbonyl (C=O) groups excluding carboxylic acids is 1. The van der Waals surface area contributed by atoms with Crippen LogP contribution in [0.15, 0.2) is 35.4 Å². The fourth-order valence-corrected chi connectivity index (χ4v) is 2.38. The molecule has 1 heterocycles. The van der Waals surface area contributed by atoms with E-state index in [4.69, 9.17) is 0 Å². The van der Waals surface area contributed by atoms with Crippen LogP contribution >= 0.6 is 11.8 Å². The summed E-state index contributed by atoms with van der Waals surface area (Å²) in [6.07, 6.45) is 4.43. The maximum Gasteiger partial charge on any atom is 0.213 e. The highest BCUT2D eigenvalue weighted by molar-refractivity contribution is 7.98. The van der Waals surface area contributed by atoms with E-state index >= 15 is 0 Å². The molecule has 5 heteroatoms. The van der Waals surface area contributed by atoms with E-state index in [1.807, 2.05) is 37.4 Å². The number of benzene rings is 1. The lowest BCUT2D eigenvalue weighted by atomic mass is 10.1. The lowest BCUT2D eigenvalue weighted by molar-refractivity contribution is 0.102. The summed E-state index contributed by atoms with van der Waals surface area (Å²) < 4.78 is 1.67. The molecule has 2 rings (SSSR count). The molecule has 0 N–H and O–H groups in total. The average Bonchev–Trinajstić information content (AvgIpc) is 2.86. The highest BCUT2D eigenvalue weighted by atomic mass is 32.2. The quantitative estimate of drug-likeness (QED) is 0.613. The predicted molar refractivity (Wildman–Crippen MR) is 72.0 cm³/mol. The van der Waals surface area contributed by atoms with Gasteiger partial charge in [-0.2, -0.15) is 0 Å². The summed E-state index contributed by atoms with van der Waals surface area (Å²) in [5.41, 5.74) is 1.27. The number of thioether (sulfide) groups is 1. The third-order valence-corrected chi connectivity index (χ3v) is 3.43. The van der Waals surface area contributed by atoms with Crippen molar-refractivity contribution < 1.29 is 4.79 Å². The molecule has 0 saturated carbocycles. The summed E-state index contributed by atoms with van der Waals surface area (Å²) in [5.74, 6) is -0.0154. The molecule has 0 aliphatic carbocycles. The molecule has 94 valence electrons. The first-order valence-electron chi connectivity index (χ1n) is 5.84. The largest absolute Gasteiger partial charge is 0.287 e. The van der Waals surface area contributed by atoms with Gasteiger partial charge in [0.1, 0.15) is 5.69 Å². The highest BCUT2D eigenvalue weighted by Crippen LogP contribution is 2.22. The first kappa shape index (κ1) is 12.8. The van der Waals surface area contributed by atoms with Gasteiger partial charge in [0.2, 0.25) is 5.78 Å². The normalized spacial score (nSPS) is 10.6. The molecular weight excluding hydrogens is 246 g/mol. The van der Waals surface area contributed by atoms with E-state index in [1.165, 1.54) is 6.20 Å². The first-order valence-corrected chi connectivity index (χ1v) is 7.06. The summed E-state index contributed by atoms with van der Waals surface area (Å²) in [6.45, 7) is 2.76. The number of hydrogen-bond donors (Lipinski definition) is 0. The van der Waals surface area contributed by atoms with Gasteiger partial charge in [-0.05, 0) is 24.8 Å². The van der Waals surface area contributed by atoms with Crippen LogP contribution in [0.4, 0.5) is 0 Å². The van der Waals surface area contributed by atoms with Crippen LogP contribution in [0.1, 0.15) is 29.4 Å². The Morgan fingerprint density at radius 3 is 2.89 bits per heavy atom. The van der Waals surface area contributed by atoms with E-state index in [9.17, 15) is 4.79 Å². The van der Waals surface area contributed by atoms with Crippen LogP contribution in [0.25, 0.3) is 0 Å². The Bertz CT molecular complexity index is 551. The average molecular weight is 261 g/mol. The lowest BCUT2D eigenvalue weighted by Gasteiger charge is -2.07. The zero-order valence-corrected chi connectivity index (χ0v) is 11.3. The van der Waals surface area contributed by atoms with Crippen LogP contribution in [0.5, 0.6) is 0 Å². The van der Waals surface area contributed by atoms with Gasteiger partial charge in [0.25, 0.3) is 0 Å². The molecule has 4 nitrogen and oxygen atoms in total. The number of carbonyl (C=O) groups is 1. The van der Waals surface area contributed by atoms with E-state index in [2.05, 4.69) is 10.3 Å². The van der Waals surface area contributed by atoms with E-state index in [0.29, 0.717) is 17.8 Å². The predicted octanol–water partition coefficient (Wildman–Crippen LogP) is 2.64. The van der Waals surface area contributed by atoms with Crippen molar-refractivity contribution in [2.24, 2.45) is 0 Å². The van der Waals surface area contributed by atoms with Crippen LogP contribution in [-0.4, -0.2) is 27.0 Å². The van der Waals surface area contributed by atoms with Crippen LogP contribution in [0, 0.1) is 0 Å². The number of aryl methyl sites for hydroxylation is 1. The summed E-state index contributed by atoms with van der Waals surface area (Å²) in [6, 6.07) is 7.61. The molecule has 0 unspecified atom stereocenters. The van der Waals surface area contributed by atoms with Gasteiger partial charge in [-0.3, -0.25) is 4.79 Å². The first-order chi connectivity index (χ1) is 8.77. The molecule has 0 fully saturated rings. The number of ketones is 1. The highest BCUT2D eigenvalue weighted by Gasteiger charge is 2.17. The molecule has 0 amide bonds. The Kier molecular flexibility index (Phi) is 4.15. The van der Waals surface area contributed by atoms with Gasteiger partial charge in [0, 0.05) is 17.0 Å². The van der Waals surface area contributed by atoms with E-state index < -0.39 is 0 Å². The van der Waals surface area contributed by atoms with Crippen LogP contribution in [-0.2, 0) is 6.54 Å². The molecule has 0 saturated heterocycles. The van der Waals surface area contributed by atoms with Gasteiger partial charge in [-0.25, -0.2) is 4.68 Å². The fraction of sp³-hybridized carbons (Fsp3) is 0.308. The minimum absolute atomic E-state index is 0.0154. The molecule has 0 bridgehead atoms. The number of rotatable bonds is 5. The van der Waals surface area contributed by atoms with E-state index in [-0.39, 0.29) is 5.78 Å². The number of hydrogen-bond acceptors (Lipinski definition) is 4. The maximum absolute atomic E-state index is 12.5. The Hall–Kier alpha value is -1.62. The molecule has 2 aromatic rings. The number of nitrogens with zero attached hydrogens (tertiary/aromatic N) is 3. The zero-order valence-electron chi connectivity index (χ0n) is 10.5. The molecule has 1 aromatic heterocycles. The molecule has 1 aromatic carbocycles. The second-order valence-electron chi connectivity index (χ2n) is 3.87. The Morgan fingerprint density at radius 1 is 1.39 bits per heavy atom. The van der Waals surface area contributed by atoms with Gasteiger partial charge >= 0.3 is 0 Å². The van der Waals surface area contributed by atoms with Crippen molar-refractivity contribution in [3.63, 3.8) is 0 Å². The SMILES string of the molecule is CCCn1nncc1C(=O)c1ccccc1SC. The Balaban J connectivity index is 2.38. The summed E-state index contributed by atoms with van der Waals surface area (Å²) in [7, 11) is 0. The van der Waals surface area contributed by atoms with Crippen molar-refractivity contribution >= 4 is 17.5 Å². The van der Waals surface area contributed by atoms with Crippen LogP contribution < -0.4 is 0 Å². The molecule has 18 heavy (non-hydrogen) atoms. The van der Waals surface area contributed by atoms with Crippen molar-refractivity contribution in [1.82, 2.24) is 15.0 Å². The van der Waals surface area contributed by atoms with Crippen LogP contribution in [0.3, 0.4) is 0 Å². The van der Waals surface area contributed by atoms with Crippen LogP contribution in [0.2, 0.25) is 0 Å². The van der Waals surface area contributed by atoms with Crippen molar-refractivity contribution in [2.45, 2.75) is 24.8 Å². The molecule has 0 aliphatic rings. The minimum Gasteiger partial charge on any atom is -0.287 e. The molecule has 0 atom stereocenters. The van der Waals surface area contributed by atoms with Crippen molar-refractivity contribution in [2.75, 3.05) is 6.26 Å². The standard InChI is InChI=1S/C13H15N3OS/c1-3-8-16-11(9-14-15-16)13(17)10-6-4-5-7-12(10)18-2/h4-7,9H,3,8H2,1-2H3. The fourth-order valence-electron chi connectivity index (χ4n) is 1.78. The maximum atomic E-state index is 12.5. The molecule has 0 radical (unpaired) electrons. The third kappa shape index (κ3) is 2.46. The Morgan fingerprint density at radius 2 is 2.17 bits per heavy atom. The second-order valence-corrected chi connectivity index (χ2v) is 4.72.